The minimum atomic E-state index is -0.792. The van der Waals surface area contributed by atoms with Crippen LogP contribution in [0, 0.1) is 34.3 Å². The van der Waals surface area contributed by atoms with Crippen molar-refractivity contribution in [2.75, 3.05) is 7.11 Å². The predicted molar refractivity (Wildman–Crippen MR) is 92.3 cm³/mol. The molecule has 0 unspecified atom stereocenters. The van der Waals surface area contributed by atoms with Gasteiger partial charge in [-0.25, -0.2) is 13.8 Å². The van der Waals surface area contributed by atoms with Gasteiger partial charge in [-0.1, -0.05) is 36.4 Å². The Labute approximate surface area is 148 Å². The second kappa shape index (κ2) is 7.00. The molecule has 2 aromatic carbocycles. The summed E-state index contributed by atoms with van der Waals surface area (Å²) in [5.74, 6) is -1.56. The molecule has 0 spiro atoms. The van der Waals surface area contributed by atoms with Gasteiger partial charge in [-0.15, -0.1) is 0 Å². The van der Waals surface area contributed by atoms with E-state index in [1.807, 2.05) is 0 Å². The smallest absolute Gasteiger partial charge is 0.172 e. The summed E-state index contributed by atoms with van der Waals surface area (Å²) in [6.07, 6.45) is 0. The van der Waals surface area contributed by atoms with Crippen LogP contribution in [0.2, 0.25) is 0 Å². The van der Waals surface area contributed by atoms with E-state index in [1.165, 1.54) is 25.3 Å². The number of nitriles is 2. The molecule has 126 valence electrons. The number of benzene rings is 2. The summed E-state index contributed by atoms with van der Waals surface area (Å²) in [6.45, 7) is 0. The number of allylic oxidation sites excluding steroid dienone is 1. The minimum absolute atomic E-state index is 0.0119. The summed E-state index contributed by atoms with van der Waals surface area (Å²) in [7, 11) is 1.24. The van der Waals surface area contributed by atoms with Crippen molar-refractivity contribution in [2.45, 2.75) is 0 Å². The van der Waals surface area contributed by atoms with E-state index in [2.05, 4.69) is 4.98 Å². The molecule has 0 bridgehead atoms. The molecule has 0 aliphatic rings. The molecule has 4 nitrogen and oxygen atoms in total. The third-order valence-corrected chi connectivity index (χ3v) is 3.83. The zero-order valence-corrected chi connectivity index (χ0v) is 13.6. The van der Waals surface area contributed by atoms with Gasteiger partial charge in [-0.2, -0.15) is 10.5 Å². The fraction of sp³-hybridized carbons (Fsp3) is 0.0500. The molecule has 0 saturated heterocycles. The molecule has 1 aromatic heterocycles. The number of pyridine rings is 1. The highest BCUT2D eigenvalue weighted by atomic mass is 19.1. The van der Waals surface area contributed by atoms with Crippen molar-refractivity contribution in [1.29, 1.82) is 10.5 Å². The maximum atomic E-state index is 15.0. The molecule has 0 aliphatic heterocycles. The van der Waals surface area contributed by atoms with Crippen molar-refractivity contribution in [2.24, 2.45) is 0 Å². The largest absolute Gasteiger partial charge is 0.494 e. The number of ether oxygens (including phenoxy) is 1. The zero-order valence-electron chi connectivity index (χ0n) is 13.6. The van der Waals surface area contributed by atoms with Gasteiger partial charge in [0.2, 0.25) is 0 Å². The monoisotopic (exact) mass is 347 g/mol. The van der Waals surface area contributed by atoms with Crippen LogP contribution >= 0.6 is 0 Å². The first-order valence-electron chi connectivity index (χ1n) is 7.53. The number of methoxy groups -OCH3 is 1. The Morgan fingerprint density at radius 2 is 1.73 bits per heavy atom. The maximum absolute atomic E-state index is 15.0. The Kier molecular flexibility index (Phi) is 4.59. The number of fused-ring (bicyclic) bond motifs is 1. The third kappa shape index (κ3) is 2.85. The van der Waals surface area contributed by atoms with Gasteiger partial charge in [0.1, 0.15) is 29.2 Å². The van der Waals surface area contributed by atoms with Gasteiger partial charge in [0.15, 0.2) is 17.1 Å². The van der Waals surface area contributed by atoms with Crippen LogP contribution in [0.5, 0.6) is 0 Å². The van der Waals surface area contributed by atoms with Crippen LogP contribution in [-0.2, 0) is 4.74 Å². The summed E-state index contributed by atoms with van der Waals surface area (Å²) < 4.78 is 34.5. The topological polar surface area (TPSA) is 69.7 Å². The summed E-state index contributed by atoms with van der Waals surface area (Å²) in [6, 6.07) is 15.9. The molecule has 0 saturated carbocycles. The normalized spacial score (nSPS) is 10.0. The lowest BCUT2D eigenvalue weighted by atomic mass is 10.0. The molecule has 0 aliphatic carbocycles. The van der Waals surface area contributed by atoms with E-state index in [0.29, 0.717) is 5.56 Å². The quantitative estimate of drug-likeness (QED) is 0.513. The molecule has 0 radical (unpaired) electrons. The molecule has 3 aromatic rings. The minimum Gasteiger partial charge on any atom is -0.494 e. The van der Waals surface area contributed by atoms with E-state index in [0.717, 1.165) is 0 Å². The Morgan fingerprint density at radius 1 is 1.04 bits per heavy atom. The zero-order chi connectivity index (χ0) is 18.7. The lowest BCUT2D eigenvalue weighted by Gasteiger charge is -2.11. The Bertz CT molecular complexity index is 1090. The van der Waals surface area contributed by atoms with Crippen molar-refractivity contribution in [1.82, 2.24) is 4.98 Å². The summed E-state index contributed by atoms with van der Waals surface area (Å²) in [5.41, 5.74) is -0.00766. The maximum Gasteiger partial charge on any atom is 0.172 e. The Morgan fingerprint density at radius 3 is 2.35 bits per heavy atom. The van der Waals surface area contributed by atoms with Gasteiger partial charge in [0.25, 0.3) is 0 Å². The van der Waals surface area contributed by atoms with Crippen molar-refractivity contribution in [3.05, 3.63) is 71.3 Å². The summed E-state index contributed by atoms with van der Waals surface area (Å²) in [4.78, 5) is 4.14. The van der Waals surface area contributed by atoms with E-state index in [-0.39, 0.29) is 33.5 Å². The van der Waals surface area contributed by atoms with Gasteiger partial charge in [0, 0.05) is 10.9 Å². The van der Waals surface area contributed by atoms with Crippen LogP contribution in [0.3, 0.4) is 0 Å². The molecule has 0 fully saturated rings. The molecule has 0 N–H and O–H groups in total. The second-order valence-corrected chi connectivity index (χ2v) is 5.32. The van der Waals surface area contributed by atoms with E-state index in [9.17, 15) is 4.39 Å². The molecule has 3 rings (SSSR count). The van der Waals surface area contributed by atoms with E-state index in [1.54, 1.807) is 42.5 Å². The number of nitrogens with zero attached hydrogens (tertiary/aromatic N) is 3. The Hall–Kier alpha value is -3.77. The van der Waals surface area contributed by atoms with Crippen molar-refractivity contribution < 1.29 is 13.5 Å². The van der Waals surface area contributed by atoms with Crippen LogP contribution < -0.4 is 0 Å². The Balaban J connectivity index is 2.30. The van der Waals surface area contributed by atoms with Crippen molar-refractivity contribution in [3.8, 4) is 23.4 Å². The van der Waals surface area contributed by atoms with Gasteiger partial charge in [0.05, 0.1) is 12.7 Å². The lowest BCUT2D eigenvalue weighted by Crippen LogP contribution is -2.00. The second-order valence-electron chi connectivity index (χ2n) is 5.32. The third-order valence-electron chi connectivity index (χ3n) is 3.83. The predicted octanol–water partition coefficient (Wildman–Crippen LogP) is 4.58. The van der Waals surface area contributed by atoms with Crippen LogP contribution in [0.4, 0.5) is 8.78 Å². The molecule has 0 amide bonds. The molecule has 26 heavy (non-hydrogen) atoms. The first-order chi connectivity index (χ1) is 12.6. The number of hydrogen-bond acceptors (Lipinski definition) is 4. The summed E-state index contributed by atoms with van der Waals surface area (Å²) >= 11 is 0. The molecule has 0 atom stereocenters. The number of hydrogen-bond donors (Lipinski definition) is 0. The van der Waals surface area contributed by atoms with Gasteiger partial charge in [-0.05, 0) is 12.1 Å². The number of rotatable bonds is 3. The van der Waals surface area contributed by atoms with Crippen LogP contribution in [0.15, 0.2) is 54.1 Å². The fourth-order valence-corrected chi connectivity index (χ4v) is 2.63. The van der Waals surface area contributed by atoms with Crippen molar-refractivity contribution in [3.63, 3.8) is 0 Å². The first kappa shape index (κ1) is 17.1. The SMILES string of the molecule is COC(=C(C#N)C#N)c1ccc2cc(F)c(-c3ccccc3)nc2c1F. The van der Waals surface area contributed by atoms with Crippen LogP contribution in [-0.4, -0.2) is 12.1 Å². The van der Waals surface area contributed by atoms with E-state index in [4.69, 9.17) is 15.3 Å². The average Bonchev–Trinajstić information content (AvgIpc) is 2.67. The molecular formula is C20H11F2N3O. The fourth-order valence-electron chi connectivity index (χ4n) is 2.63. The number of aromatic nitrogens is 1. The van der Waals surface area contributed by atoms with E-state index < -0.39 is 11.6 Å². The number of halogens is 2. The summed E-state index contributed by atoms with van der Waals surface area (Å²) in [5, 5.41) is 18.3. The highest BCUT2D eigenvalue weighted by Crippen LogP contribution is 2.30. The highest BCUT2D eigenvalue weighted by Gasteiger charge is 2.19. The first-order valence-corrected chi connectivity index (χ1v) is 7.53. The standard InChI is InChI=1S/C20H11F2N3O/c1-26-20(14(10-23)11-24)15-8-7-13-9-16(21)18(25-19(13)17(15)22)12-5-3-2-4-6-12/h2-9H,1H3. The van der Waals surface area contributed by atoms with Crippen LogP contribution in [0.25, 0.3) is 27.9 Å². The molecule has 6 heteroatoms. The molecule has 1 heterocycles. The van der Waals surface area contributed by atoms with Crippen LogP contribution in [0.1, 0.15) is 5.56 Å². The van der Waals surface area contributed by atoms with Crippen molar-refractivity contribution >= 4 is 16.7 Å². The van der Waals surface area contributed by atoms with Gasteiger partial charge >= 0.3 is 0 Å². The average molecular weight is 347 g/mol. The lowest BCUT2D eigenvalue weighted by molar-refractivity contribution is 0.366. The highest BCUT2D eigenvalue weighted by molar-refractivity contribution is 5.86. The van der Waals surface area contributed by atoms with E-state index >= 15 is 4.39 Å². The van der Waals surface area contributed by atoms with Gasteiger partial charge in [-0.3, -0.25) is 0 Å². The molecular weight excluding hydrogens is 336 g/mol. The van der Waals surface area contributed by atoms with Gasteiger partial charge < -0.3 is 4.74 Å².